The molecule has 0 radical (unpaired) electrons. The molecule has 1 aliphatic rings. The maximum absolute atomic E-state index is 12.4. The Balaban J connectivity index is 3.07. The van der Waals surface area contributed by atoms with Crippen LogP contribution < -0.4 is 0 Å². The van der Waals surface area contributed by atoms with Crippen LogP contribution in [0.1, 0.15) is 54.4 Å². The molecule has 1 aliphatic heterocycles. The lowest BCUT2D eigenvalue weighted by molar-refractivity contribution is -0.168. The van der Waals surface area contributed by atoms with Crippen molar-refractivity contribution in [1.29, 1.82) is 0 Å². The Bertz CT molecular complexity index is 382. The van der Waals surface area contributed by atoms with Crippen LogP contribution in [0.3, 0.4) is 0 Å². The molecule has 1 heterocycles. The maximum Gasteiger partial charge on any atom is 0.425 e. The van der Waals surface area contributed by atoms with Gasteiger partial charge >= 0.3 is 12.1 Å². The molecule has 20 heavy (non-hydrogen) atoms. The first-order valence-corrected chi connectivity index (χ1v) is 6.96. The van der Waals surface area contributed by atoms with Crippen LogP contribution in [0.25, 0.3) is 0 Å². The molecule has 6 nitrogen and oxygen atoms in total. The lowest BCUT2D eigenvalue weighted by atomic mass is 10.0. The van der Waals surface area contributed by atoms with Crippen LogP contribution in [0.4, 0.5) is 4.79 Å². The summed E-state index contributed by atoms with van der Waals surface area (Å²) in [5.74, 6) is -0.996. The summed E-state index contributed by atoms with van der Waals surface area (Å²) in [4.78, 5) is 23.8. The summed E-state index contributed by atoms with van der Waals surface area (Å²) in [7, 11) is 0. The number of carboxylic acids is 1. The van der Waals surface area contributed by atoms with Gasteiger partial charge in [0.2, 0.25) is 0 Å². The third-order valence-corrected chi connectivity index (χ3v) is 3.04. The molecule has 0 saturated carbocycles. The zero-order valence-corrected chi connectivity index (χ0v) is 13.3. The van der Waals surface area contributed by atoms with Gasteiger partial charge in [-0.3, -0.25) is 0 Å². The molecule has 6 heteroatoms. The molecule has 0 aliphatic carbocycles. The first-order valence-electron chi connectivity index (χ1n) is 6.96. The number of carbonyl (C=O) groups is 2. The molecule has 0 aromatic heterocycles. The Kier molecular flexibility index (Phi) is 4.69. The normalized spacial score (nSPS) is 21.7. The highest BCUT2D eigenvalue weighted by atomic mass is 16.6. The van der Waals surface area contributed by atoms with Crippen molar-refractivity contribution >= 4 is 12.1 Å². The van der Waals surface area contributed by atoms with Crippen LogP contribution in [0.15, 0.2) is 0 Å². The standard InChI is InChI=1S/C14H26N2O4/c1-13(2,3)15-9-7-8-10(11(17)18)16(15)12(19)20-14(4,5)6/h10H,7-9H2,1-6H3,(H,17,18). The lowest BCUT2D eigenvalue weighted by Gasteiger charge is -2.48. The zero-order chi connectivity index (χ0) is 15.7. The van der Waals surface area contributed by atoms with Gasteiger partial charge in [-0.1, -0.05) is 0 Å². The lowest BCUT2D eigenvalue weighted by Crippen LogP contribution is -2.64. The van der Waals surface area contributed by atoms with Gasteiger partial charge in [0.25, 0.3) is 0 Å². The first kappa shape index (κ1) is 16.8. The summed E-state index contributed by atoms with van der Waals surface area (Å²) in [6, 6.07) is -0.863. The number of nitrogens with zero attached hydrogens (tertiary/aromatic N) is 2. The monoisotopic (exact) mass is 286 g/mol. The zero-order valence-electron chi connectivity index (χ0n) is 13.3. The molecule has 1 N–H and O–H groups in total. The molecule has 0 bridgehead atoms. The molecule has 0 aromatic carbocycles. The van der Waals surface area contributed by atoms with E-state index in [1.54, 1.807) is 25.8 Å². The summed E-state index contributed by atoms with van der Waals surface area (Å²) in [5.41, 5.74) is -0.994. The molecule has 116 valence electrons. The fourth-order valence-electron chi connectivity index (χ4n) is 2.25. The van der Waals surface area contributed by atoms with E-state index in [4.69, 9.17) is 4.74 Å². The largest absolute Gasteiger partial charge is 0.480 e. The summed E-state index contributed by atoms with van der Waals surface area (Å²) in [6.07, 6.45) is 0.592. The summed E-state index contributed by atoms with van der Waals surface area (Å²) in [5, 5.41) is 12.4. The molecule has 1 fully saturated rings. The highest BCUT2D eigenvalue weighted by molar-refractivity contribution is 5.80. The van der Waals surface area contributed by atoms with Gasteiger partial charge in [0.15, 0.2) is 0 Å². The maximum atomic E-state index is 12.4. The van der Waals surface area contributed by atoms with E-state index in [-0.39, 0.29) is 5.54 Å². The fourth-order valence-corrected chi connectivity index (χ4v) is 2.25. The van der Waals surface area contributed by atoms with Crippen molar-refractivity contribution in [2.24, 2.45) is 0 Å². The van der Waals surface area contributed by atoms with Gasteiger partial charge < -0.3 is 9.84 Å². The second-order valence-electron chi connectivity index (χ2n) is 7.12. The van der Waals surface area contributed by atoms with Crippen molar-refractivity contribution in [2.45, 2.75) is 71.6 Å². The van der Waals surface area contributed by atoms with E-state index < -0.39 is 23.7 Å². The number of carboxylic acid groups (broad SMARTS) is 1. The Hall–Kier alpha value is -1.30. The van der Waals surface area contributed by atoms with E-state index in [0.29, 0.717) is 13.0 Å². The molecule has 0 aromatic rings. The van der Waals surface area contributed by atoms with Crippen molar-refractivity contribution in [3.05, 3.63) is 0 Å². The predicted octanol–water partition coefficient (Wildman–Crippen LogP) is 2.49. The average Bonchev–Trinajstić information content (AvgIpc) is 2.24. The Morgan fingerprint density at radius 2 is 1.70 bits per heavy atom. The topological polar surface area (TPSA) is 70.1 Å². The summed E-state index contributed by atoms with van der Waals surface area (Å²) in [6.45, 7) is 11.8. The molecular weight excluding hydrogens is 260 g/mol. The van der Waals surface area contributed by atoms with Gasteiger partial charge in [-0.15, -0.1) is 0 Å². The number of amides is 1. The number of ether oxygens (including phenoxy) is 1. The van der Waals surface area contributed by atoms with Gasteiger partial charge in [-0.25, -0.2) is 19.6 Å². The van der Waals surface area contributed by atoms with Crippen LogP contribution in [-0.2, 0) is 9.53 Å². The van der Waals surface area contributed by atoms with Crippen molar-refractivity contribution in [3.8, 4) is 0 Å². The Morgan fingerprint density at radius 3 is 2.10 bits per heavy atom. The van der Waals surface area contributed by atoms with Crippen LogP contribution in [0.2, 0.25) is 0 Å². The van der Waals surface area contributed by atoms with E-state index in [2.05, 4.69) is 0 Å². The van der Waals surface area contributed by atoms with E-state index >= 15 is 0 Å². The van der Waals surface area contributed by atoms with Crippen molar-refractivity contribution < 1.29 is 19.4 Å². The van der Waals surface area contributed by atoms with E-state index in [1.165, 1.54) is 5.01 Å². The third-order valence-electron chi connectivity index (χ3n) is 3.04. The van der Waals surface area contributed by atoms with Gasteiger partial charge in [0.1, 0.15) is 11.6 Å². The number of rotatable bonds is 1. The van der Waals surface area contributed by atoms with Gasteiger partial charge in [0.05, 0.1) is 0 Å². The Morgan fingerprint density at radius 1 is 1.15 bits per heavy atom. The van der Waals surface area contributed by atoms with E-state index in [9.17, 15) is 14.7 Å². The second kappa shape index (κ2) is 5.60. The highest BCUT2D eigenvalue weighted by Crippen LogP contribution is 2.28. The molecule has 1 rings (SSSR count). The summed E-state index contributed by atoms with van der Waals surface area (Å²) < 4.78 is 5.36. The predicted molar refractivity (Wildman–Crippen MR) is 75.2 cm³/mol. The number of hydrazine groups is 1. The minimum absolute atomic E-state index is 0.342. The van der Waals surface area contributed by atoms with Gasteiger partial charge in [-0.2, -0.15) is 0 Å². The van der Waals surface area contributed by atoms with E-state index in [1.807, 2.05) is 20.8 Å². The SMILES string of the molecule is CC(C)(C)OC(=O)N1C(C(=O)O)CCCN1C(C)(C)C. The molecule has 1 amide bonds. The highest BCUT2D eigenvalue weighted by Gasteiger charge is 2.43. The van der Waals surface area contributed by atoms with Crippen molar-refractivity contribution in [2.75, 3.05) is 6.54 Å². The van der Waals surface area contributed by atoms with Crippen LogP contribution in [-0.4, -0.2) is 50.9 Å². The number of hydrogen-bond donors (Lipinski definition) is 1. The number of aliphatic carboxylic acids is 1. The fraction of sp³-hybridized carbons (Fsp3) is 0.857. The van der Waals surface area contributed by atoms with Crippen LogP contribution >= 0.6 is 0 Å². The average molecular weight is 286 g/mol. The molecule has 1 saturated heterocycles. The number of hydrogen-bond acceptors (Lipinski definition) is 4. The van der Waals surface area contributed by atoms with Crippen molar-refractivity contribution in [3.63, 3.8) is 0 Å². The van der Waals surface area contributed by atoms with Gasteiger partial charge in [0, 0.05) is 12.1 Å². The molecule has 1 unspecified atom stereocenters. The van der Waals surface area contributed by atoms with Gasteiger partial charge in [-0.05, 0) is 54.4 Å². The van der Waals surface area contributed by atoms with E-state index in [0.717, 1.165) is 6.42 Å². The second-order valence-corrected chi connectivity index (χ2v) is 7.12. The van der Waals surface area contributed by atoms with Crippen molar-refractivity contribution in [1.82, 2.24) is 10.0 Å². The minimum atomic E-state index is -0.996. The quantitative estimate of drug-likeness (QED) is 0.802. The molecule has 1 atom stereocenters. The van der Waals surface area contributed by atoms with Crippen LogP contribution in [0, 0.1) is 0 Å². The van der Waals surface area contributed by atoms with Crippen LogP contribution in [0.5, 0.6) is 0 Å². The smallest absolute Gasteiger partial charge is 0.425 e. The molecular formula is C14H26N2O4. The molecule has 0 spiro atoms. The number of carbonyl (C=O) groups excluding carboxylic acids is 1. The first-order chi connectivity index (χ1) is 8.93. The third kappa shape index (κ3) is 4.10. The minimum Gasteiger partial charge on any atom is -0.480 e. The Labute approximate surface area is 120 Å². The summed E-state index contributed by atoms with van der Waals surface area (Å²) >= 11 is 0.